The summed E-state index contributed by atoms with van der Waals surface area (Å²) in [7, 11) is 0. The van der Waals surface area contributed by atoms with Gasteiger partial charge in [-0.1, -0.05) is 6.42 Å². The fraction of sp³-hybridized carbons (Fsp3) is 0.882. The van der Waals surface area contributed by atoms with E-state index in [-0.39, 0.29) is 49.8 Å². The highest BCUT2D eigenvalue weighted by molar-refractivity contribution is 5.86. The number of piperazine rings is 1. The average molecular weight is 463 g/mol. The maximum absolute atomic E-state index is 12.9. The molecular formula is C17H34Cl3N5O3. The second kappa shape index (κ2) is 13.7. The van der Waals surface area contributed by atoms with Gasteiger partial charge in [0.2, 0.25) is 0 Å². The van der Waals surface area contributed by atoms with Gasteiger partial charge in [-0.15, -0.1) is 37.2 Å². The van der Waals surface area contributed by atoms with Gasteiger partial charge < -0.3 is 15.3 Å². The first kappa shape index (κ1) is 27.5. The van der Waals surface area contributed by atoms with E-state index in [9.17, 15) is 14.7 Å². The highest BCUT2D eigenvalue weighted by atomic mass is 35.5. The lowest BCUT2D eigenvalue weighted by Gasteiger charge is -2.44. The third kappa shape index (κ3) is 7.39. The number of piperidine rings is 2. The van der Waals surface area contributed by atoms with Crippen LogP contribution in [-0.4, -0.2) is 102 Å². The van der Waals surface area contributed by atoms with Crippen molar-refractivity contribution in [2.24, 2.45) is 0 Å². The summed E-state index contributed by atoms with van der Waals surface area (Å²) >= 11 is 0. The number of carbonyl (C=O) groups is 2. The summed E-state index contributed by atoms with van der Waals surface area (Å²) in [6.07, 6.45) is 5.54. The molecule has 0 aromatic heterocycles. The Balaban J connectivity index is 0.00000243. The lowest BCUT2D eigenvalue weighted by Crippen LogP contribution is -2.60. The first-order chi connectivity index (χ1) is 12.1. The van der Waals surface area contributed by atoms with E-state index in [1.54, 1.807) is 0 Å². The molecular weight excluding hydrogens is 429 g/mol. The summed E-state index contributed by atoms with van der Waals surface area (Å²) in [6, 6.07) is 0.477. The first-order valence-corrected chi connectivity index (χ1v) is 9.63. The van der Waals surface area contributed by atoms with Crippen LogP contribution < -0.4 is 5.32 Å². The van der Waals surface area contributed by atoms with Crippen LogP contribution in [0.4, 0.5) is 4.79 Å². The number of carboxylic acid groups (broad SMARTS) is 1. The van der Waals surface area contributed by atoms with Crippen LogP contribution >= 0.6 is 37.2 Å². The molecule has 0 radical (unpaired) electrons. The predicted molar refractivity (Wildman–Crippen MR) is 116 cm³/mol. The summed E-state index contributed by atoms with van der Waals surface area (Å²) in [6.45, 7) is 6.60. The van der Waals surface area contributed by atoms with Crippen LogP contribution in [0.25, 0.3) is 0 Å². The Kier molecular flexibility index (Phi) is 13.4. The predicted octanol–water partition coefficient (Wildman–Crippen LogP) is 1.53. The molecule has 3 fully saturated rings. The molecule has 28 heavy (non-hydrogen) atoms. The van der Waals surface area contributed by atoms with E-state index in [1.165, 1.54) is 17.9 Å². The number of aliphatic carboxylic acids is 1. The molecule has 0 unspecified atom stereocenters. The largest absolute Gasteiger partial charge is 0.480 e. The molecule has 0 aliphatic carbocycles. The molecule has 3 aliphatic rings. The third-order valence-electron chi connectivity index (χ3n) is 5.59. The number of hydrogen-bond acceptors (Lipinski definition) is 5. The van der Waals surface area contributed by atoms with Crippen LogP contribution in [0.2, 0.25) is 0 Å². The molecule has 3 aliphatic heterocycles. The van der Waals surface area contributed by atoms with Crippen molar-refractivity contribution in [1.29, 1.82) is 0 Å². The van der Waals surface area contributed by atoms with Crippen LogP contribution in [0.15, 0.2) is 0 Å². The number of nitrogens with zero attached hydrogens (tertiary/aromatic N) is 4. The van der Waals surface area contributed by atoms with Gasteiger partial charge in [0.15, 0.2) is 0 Å². The molecule has 0 bridgehead atoms. The number of amides is 2. The molecule has 2 N–H and O–H groups in total. The molecule has 0 saturated carbocycles. The highest BCUT2D eigenvalue weighted by Gasteiger charge is 2.32. The Morgan fingerprint density at radius 1 is 0.893 bits per heavy atom. The van der Waals surface area contributed by atoms with Gasteiger partial charge in [0.25, 0.3) is 0 Å². The smallest absolute Gasteiger partial charge is 0.335 e. The standard InChI is InChI=1S/C17H31N5O3.3ClH/c23-16(24)14-22(21-8-2-1-3-9-21)17(25)20-12-10-19(11-13-20)15-4-6-18-7-5-15;;;/h15,18H,1-14H2,(H,23,24);3*1H. The number of halogens is 3. The number of nitrogens with one attached hydrogen (secondary N) is 1. The van der Waals surface area contributed by atoms with Crippen molar-refractivity contribution in [3.8, 4) is 0 Å². The first-order valence-electron chi connectivity index (χ1n) is 9.63. The number of urea groups is 1. The van der Waals surface area contributed by atoms with E-state index in [0.717, 1.165) is 58.5 Å². The van der Waals surface area contributed by atoms with Gasteiger partial charge in [0.1, 0.15) is 6.54 Å². The van der Waals surface area contributed by atoms with Gasteiger partial charge in [-0.05, 0) is 38.8 Å². The van der Waals surface area contributed by atoms with Crippen LogP contribution in [0, 0.1) is 0 Å². The van der Waals surface area contributed by atoms with Gasteiger partial charge >= 0.3 is 12.0 Å². The van der Waals surface area contributed by atoms with Crippen molar-refractivity contribution in [1.82, 2.24) is 25.1 Å². The Labute approximate surface area is 186 Å². The zero-order valence-corrected chi connectivity index (χ0v) is 18.7. The van der Waals surface area contributed by atoms with Crippen molar-refractivity contribution in [2.45, 2.75) is 38.1 Å². The molecule has 0 atom stereocenters. The summed E-state index contributed by atoms with van der Waals surface area (Å²) in [5.41, 5.74) is 0. The van der Waals surface area contributed by atoms with Crippen LogP contribution in [-0.2, 0) is 4.79 Å². The second-order valence-electron chi connectivity index (χ2n) is 7.25. The van der Waals surface area contributed by atoms with Crippen molar-refractivity contribution in [2.75, 3.05) is 58.9 Å². The minimum absolute atomic E-state index is 0. The number of hydrazine groups is 1. The van der Waals surface area contributed by atoms with Gasteiger partial charge in [-0.25, -0.2) is 14.8 Å². The van der Waals surface area contributed by atoms with Crippen LogP contribution in [0.5, 0.6) is 0 Å². The molecule has 0 aromatic rings. The molecule has 0 spiro atoms. The van der Waals surface area contributed by atoms with E-state index < -0.39 is 5.97 Å². The normalized spacial score (nSPS) is 21.6. The van der Waals surface area contributed by atoms with Crippen molar-refractivity contribution in [3.63, 3.8) is 0 Å². The minimum atomic E-state index is -0.952. The monoisotopic (exact) mass is 461 g/mol. The van der Waals surface area contributed by atoms with Crippen LogP contribution in [0.1, 0.15) is 32.1 Å². The molecule has 166 valence electrons. The zero-order valence-electron chi connectivity index (χ0n) is 16.3. The van der Waals surface area contributed by atoms with E-state index in [0.29, 0.717) is 19.1 Å². The molecule has 0 aromatic carbocycles. The molecule has 8 nitrogen and oxygen atoms in total. The van der Waals surface area contributed by atoms with E-state index >= 15 is 0 Å². The Bertz CT molecular complexity index is 469. The third-order valence-corrected chi connectivity index (χ3v) is 5.59. The van der Waals surface area contributed by atoms with Crippen molar-refractivity contribution in [3.05, 3.63) is 0 Å². The fourth-order valence-electron chi connectivity index (χ4n) is 4.15. The van der Waals surface area contributed by atoms with E-state index in [2.05, 4.69) is 10.2 Å². The van der Waals surface area contributed by atoms with Gasteiger partial charge in [0, 0.05) is 45.3 Å². The highest BCUT2D eigenvalue weighted by Crippen LogP contribution is 2.17. The molecule has 3 saturated heterocycles. The van der Waals surface area contributed by atoms with Crippen LogP contribution in [0.3, 0.4) is 0 Å². The summed E-state index contributed by atoms with van der Waals surface area (Å²) < 4.78 is 0. The van der Waals surface area contributed by atoms with E-state index in [4.69, 9.17) is 0 Å². The van der Waals surface area contributed by atoms with Gasteiger partial charge in [0.05, 0.1) is 0 Å². The fourth-order valence-corrected chi connectivity index (χ4v) is 4.15. The average Bonchev–Trinajstić information content (AvgIpc) is 2.67. The summed E-state index contributed by atoms with van der Waals surface area (Å²) in [5, 5.41) is 16.0. The molecule has 11 heteroatoms. The molecule has 3 rings (SSSR count). The Morgan fingerprint density at radius 3 is 2.00 bits per heavy atom. The zero-order chi connectivity index (χ0) is 17.6. The number of rotatable bonds is 4. The van der Waals surface area contributed by atoms with Gasteiger partial charge in [-0.3, -0.25) is 9.69 Å². The van der Waals surface area contributed by atoms with Gasteiger partial charge in [-0.2, -0.15) is 0 Å². The summed E-state index contributed by atoms with van der Waals surface area (Å²) in [5.74, 6) is -0.952. The lowest BCUT2D eigenvalue weighted by molar-refractivity contribution is -0.142. The topological polar surface area (TPSA) is 79.4 Å². The number of hydrogen-bond donors (Lipinski definition) is 2. The number of carbonyl (C=O) groups excluding carboxylic acids is 1. The SMILES string of the molecule is Cl.Cl.Cl.O=C(O)CN(C(=O)N1CCN(C2CCNCC2)CC1)N1CCCCC1. The Morgan fingerprint density at radius 2 is 1.46 bits per heavy atom. The number of carboxylic acids is 1. The molecule has 2 amide bonds. The maximum Gasteiger partial charge on any atom is 0.335 e. The Hall–Kier alpha value is -0.510. The van der Waals surface area contributed by atoms with Crippen molar-refractivity contribution < 1.29 is 14.7 Å². The van der Waals surface area contributed by atoms with E-state index in [1.807, 2.05) is 9.91 Å². The second-order valence-corrected chi connectivity index (χ2v) is 7.25. The molecule has 3 heterocycles. The quantitative estimate of drug-likeness (QED) is 0.659. The minimum Gasteiger partial charge on any atom is -0.480 e. The summed E-state index contributed by atoms with van der Waals surface area (Å²) in [4.78, 5) is 28.5. The van der Waals surface area contributed by atoms with Crippen molar-refractivity contribution >= 4 is 49.2 Å². The lowest BCUT2D eigenvalue weighted by atomic mass is 10.0. The maximum atomic E-state index is 12.9.